The van der Waals surface area contributed by atoms with Gasteiger partial charge in [0, 0.05) is 31.2 Å². The van der Waals surface area contributed by atoms with Crippen molar-refractivity contribution in [2.75, 3.05) is 19.8 Å². The van der Waals surface area contributed by atoms with Crippen LogP contribution in [-0.4, -0.2) is 19.8 Å². The third kappa shape index (κ3) is 5.19. The highest BCUT2D eigenvalue weighted by molar-refractivity contribution is 5.81. The zero-order valence-corrected chi connectivity index (χ0v) is 14.4. The zero-order valence-electron chi connectivity index (χ0n) is 14.4. The van der Waals surface area contributed by atoms with Gasteiger partial charge in [-0.1, -0.05) is 13.3 Å². The Bertz CT molecular complexity index is 691. The molecule has 0 spiro atoms. The number of nitrogens with one attached hydrogen (secondary N) is 1. The van der Waals surface area contributed by atoms with E-state index in [0.29, 0.717) is 12.1 Å². The lowest BCUT2D eigenvalue weighted by atomic mass is 10.0. The molecule has 0 saturated heterocycles. The molecule has 1 aromatic carbocycles. The van der Waals surface area contributed by atoms with Gasteiger partial charge in [0.15, 0.2) is 0 Å². The third-order valence-corrected chi connectivity index (χ3v) is 4.04. The average Bonchev–Trinajstić information content (AvgIpc) is 2.51. The summed E-state index contributed by atoms with van der Waals surface area (Å²) in [7, 11) is 0. The maximum atomic E-state index is 11.7. The van der Waals surface area contributed by atoms with Gasteiger partial charge in [0.05, 0.1) is 0 Å². The fraction of sp³-hybridized carbons (Fsp3) is 0.526. The Morgan fingerprint density at radius 3 is 2.61 bits per heavy atom. The number of ether oxygens (including phenoxy) is 1. The Labute approximate surface area is 137 Å². The molecule has 0 aliphatic carbocycles. The van der Waals surface area contributed by atoms with Crippen LogP contribution in [0.15, 0.2) is 27.4 Å². The molecular weight excluding hydrogens is 290 g/mol. The summed E-state index contributed by atoms with van der Waals surface area (Å²) in [4.78, 5) is 11.7. The quantitative estimate of drug-likeness (QED) is 0.566. The number of fused-ring (bicyclic) bond motifs is 1. The maximum Gasteiger partial charge on any atom is 0.336 e. The number of aryl methyl sites for hydroxylation is 2. The van der Waals surface area contributed by atoms with Crippen LogP contribution in [0, 0.1) is 13.8 Å². The van der Waals surface area contributed by atoms with Crippen molar-refractivity contribution in [3.8, 4) is 0 Å². The van der Waals surface area contributed by atoms with Gasteiger partial charge in [-0.15, -0.1) is 0 Å². The van der Waals surface area contributed by atoms with Crippen LogP contribution < -0.4 is 10.9 Å². The molecule has 0 saturated carbocycles. The summed E-state index contributed by atoms with van der Waals surface area (Å²) in [6.45, 7) is 9.43. The van der Waals surface area contributed by atoms with Crippen LogP contribution in [0.2, 0.25) is 0 Å². The van der Waals surface area contributed by atoms with Gasteiger partial charge >= 0.3 is 5.63 Å². The van der Waals surface area contributed by atoms with Gasteiger partial charge in [0.25, 0.3) is 0 Å². The van der Waals surface area contributed by atoms with E-state index in [0.717, 1.165) is 49.1 Å². The molecule has 4 nitrogen and oxygen atoms in total. The Balaban J connectivity index is 1.92. The molecule has 126 valence electrons. The minimum absolute atomic E-state index is 0.291. The minimum Gasteiger partial charge on any atom is -0.423 e. The van der Waals surface area contributed by atoms with Crippen LogP contribution in [0.5, 0.6) is 0 Å². The van der Waals surface area contributed by atoms with E-state index in [4.69, 9.17) is 9.15 Å². The van der Waals surface area contributed by atoms with E-state index in [1.165, 1.54) is 12.0 Å². The summed E-state index contributed by atoms with van der Waals surface area (Å²) >= 11 is 0. The van der Waals surface area contributed by atoms with Crippen LogP contribution in [0.1, 0.15) is 42.9 Å². The second kappa shape index (κ2) is 8.85. The molecule has 2 rings (SSSR count). The first-order chi connectivity index (χ1) is 11.1. The molecule has 0 aliphatic rings. The van der Waals surface area contributed by atoms with E-state index < -0.39 is 0 Å². The molecule has 0 amide bonds. The number of hydrogen-bond acceptors (Lipinski definition) is 4. The summed E-state index contributed by atoms with van der Waals surface area (Å²) in [6.07, 6.45) is 3.26. The predicted octanol–water partition coefficient (Wildman–Crippen LogP) is 3.71. The largest absolute Gasteiger partial charge is 0.423 e. The molecule has 1 N–H and O–H groups in total. The van der Waals surface area contributed by atoms with Gasteiger partial charge < -0.3 is 14.5 Å². The van der Waals surface area contributed by atoms with Gasteiger partial charge in [0.1, 0.15) is 5.58 Å². The molecular formula is C19H27NO3. The first-order valence-corrected chi connectivity index (χ1v) is 8.44. The smallest absolute Gasteiger partial charge is 0.336 e. The zero-order chi connectivity index (χ0) is 16.7. The fourth-order valence-corrected chi connectivity index (χ4v) is 2.50. The van der Waals surface area contributed by atoms with Crippen molar-refractivity contribution in [3.05, 3.63) is 45.3 Å². The monoisotopic (exact) mass is 317 g/mol. The minimum atomic E-state index is -0.291. The molecule has 23 heavy (non-hydrogen) atoms. The van der Waals surface area contributed by atoms with Gasteiger partial charge in [-0.3, -0.25) is 0 Å². The lowest BCUT2D eigenvalue weighted by Gasteiger charge is -2.09. The van der Waals surface area contributed by atoms with Crippen LogP contribution >= 0.6 is 0 Å². The van der Waals surface area contributed by atoms with Crippen LogP contribution in [-0.2, 0) is 11.3 Å². The molecule has 4 heteroatoms. The molecule has 0 fully saturated rings. The Morgan fingerprint density at radius 1 is 1.09 bits per heavy atom. The predicted molar refractivity (Wildman–Crippen MR) is 94.0 cm³/mol. The Hall–Kier alpha value is -1.65. The van der Waals surface area contributed by atoms with E-state index in [1.807, 2.05) is 13.0 Å². The first kappa shape index (κ1) is 17.7. The summed E-state index contributed by atoms with van der Waals surface area (Å²) in [5.41, 5.74) is 3.71. The summed E-state index contributed by atoms with van der Waals surface area (Å²) in [5.74, 6) is 0. The van der Waals surface area contributed by atoms with Gasteiger partial charge in [0.2, 0.25) is 0 Å². The molecule has 0 aliphatic heterocycles. The number of unbranched alkanes of at least 4 members (excludes halogenated alkanes) is 1. The Morgan fingerprint density at radius 2 is 1.83 bits per heavy atom. The SMILES string of the molecule is CCCCOCCCNCc1cc(=O)oc2cc(C)c(C)cc12. The van der Waals surface area contributed by atoms with Crippen LogP contribution in [0.25, 0.3) is 11.0 Å². The summed E-state index contributed by atoms with van der Waals surface area (Å²) < 4.78 is 10.9. The molecule has 1 aromatic heterocycles. The topological polar surface area (TPSA) is 51.5 Å². The summed E-state index contributed by atoms with van der Waals surface area (Å²) in [6, 6.07) is 5.62. The number of benzene rings is 1. The van der Waals surface area contributed by atoms with E-state index in [9.17, 15) is 4.79 Å². The van der Waals surface area contributed by atoms with Crippen molar-refractivity contribution in [1.29, 1.82) is 0 Å². The van der Waals surface area contributed by atoms with Gasteiger partial charge in [-0.05, 0) is 62.1 Å². The lowest BCUT2D eigenvalue weighted by Crippen LogP contribution is -2.18. The summed E-state index contributed by atoms with van der Waals surface area (Å²) in [5, 5.41) is 4.40. The Kier molecular flexibility index (Phi) is 6.81. The molecule has 1 heterocycles. The van der Waals surface area contributed by atoms with Crippen LogP contribution in [0.4, 0.5) is 0 Å². The van der Waals surface area contributed by atoms with Crippen molar-refractivity contribution in [2.24, 2.45) is 0 Å². The maximum absolute atomic E-state index is 11.7. The van der Waals surface area contributed by atoms with Crippen molar-refractivity contribution < 1.29 is 9.15 Å². The number of rotatable bonds is 9. The second-order valence-electron chi connectivity index (χ2n) is 6.02. The molecule has 0 radical (unpaired) electrons. The van der Waals surface area contributed by atoms with Crippen molar-refractivity contribution >= 4 is 11.0 Å². The second-order valence-corrected chi connectivity index (χ2v) is 6.02. The highest BCUT2D eigenvalue weighted by Gasteiger charge is 2.07. The fourth-order valence-electron chi connectivity index (χ4n) is 2.50. The standard InChI is InChI=1S/C19H27NO3/c1-4-5-8-22-9-6-7-20-13-16-12-19(21)23-18-11-15(3)14(2)10-17(16)18/h10-12,20H,4-9,13H2,1-3H3. The average molecular weight is 317 g/mol. The lowest BCUT2D eigenvalue weighted by molar-refractivity contribution is 0.129. The number of hydrogen-bond donors (Lipinski definition) is 1. The van der Waals surface area contributed by atoms with Gasteiger partial charge in [-0.2, -0.15) is 0 Å². The van der Waals surface area contributed by atoms with E-state index in [1.54, 1.807) is 6.07 Å². The van der Waals surface area contributed by atoms with E-state index in [2.05, 4.69) is 25.2 Å². The normalized spacial score (nSPS) is 11.3. The molecule has 2 aromatic rings. The van der Waals surface area contributed by atoms with Crippen molar-refractivity contribution in [3.63, 3.8) is 0 Å². The van der Waals surface area contributed by atoms with E-state index in [-0.39, 0.29) is 5.63 Å². The van der Waals surface area contributed by atoms with Crippen molar-refractivity contribution in [1.82, 2.24) is 5.32 Å². The first-order valence-electron chi connectivity index (χ1n) is 8.44. The highest BCUT2D eigenvalue weighted by atomic mass is 16.5. The van der Waals surface area contributed by atoms with Crippen molar-refractivity contribution in [2.45, 2.75) is 46.6 Å². The molecule has 0 atom stereocenters. The third-order valence-electron chi connectivity index (χ3n) is 4.04. The van der Waals surface area contributed by atoms with E-state index >= 15 is 0 Å². The molecule has 0 bridgehead atoms. The van der Waals surface area contributed by atoms with Gasteiger partial charge in [-0.25, -0.2) is 4.79 Å². The molecule has 0 unspecified atom stereocenters. The van der Waals surface area contributed by atoms with Crippen LogP contribution in [0.3, 0.4) is 0 Å². The highest BCUT2D eigenvalue weighted by Crippen LogP contribution is 2.21.